The van der Waals surface area contributed by atoms with Crippen LogP contribution in [0.15, 0.2) is 39.5 Å². The van der Waals surface area contributed by atoms with E-state index in [1.165, 1.54) is 6.07 Å². The van der Waals surface area contributed by atoms with Crippen LogP contribution in [0.5, 0.6) is 28.7 Å². The molecule has 1 aromatic heterocycles. The highest BCUT2D eigenvalue weighted by atomic mass is 16.7. The number of rotatable bonds is 6. The van der Waals surface area contributed by atoms with Crippen molar-refractivity contribution >= 4 is 11.0 Å². The Morgan fingerprint density at radius 2 is 1.51 bits per heavy atom. The number of phenolic OH excluding ortho intramolecular Hbond substituents is 4. The second-order valence-electron chi connectivity index (χ2n) is 10.8. The van der Waals surface area contributed by atoms with Crippen molar-refractivity contribution in [1.82, 2.24) is 0 Å². The molecule has 2 aromatic carbocycles. The van der Waals surface area contributed by atoms with Crippen LogP contribution < -0.4 is 10.2 Å². The molecule has 1 saturated heterocycles. The second kappa shape index (κ2) is 11.8. The van der Waals surface area contributed by atoms with Gasteiger partial charge in [0, 0.05) is 17.7 Å². The van der Waals surface area contributed by atoms with Gasteiger partial charge in [-0.3, -0.25) is 4.79 Å². The highest BCUT2D eigenvalue weighted by Gasteiger charge is 2.47. The molecule has 2 fully saturated rings. The zero-order valence-electron chi connectivity index (χ0n) is 22.6. The number of hydrogen-bond acceptors (Lipinski definition) is 15. The summed E-state index contributed by atoms with van der Waals surface area (Å²) in [5.41, 5.74) is -1.30. The van der Waals surface area contributed by atoms with Crippen LogP contribution in [0.25, 0.3) is 22.3 Å². The minimum absolute atomic E-state index is 0.0148. The molecule has 10 atom stereocenters. The number of fused-ring (bicyclic) bond motifs is 1. The van der Waals surface area contributed by atoms with E-state index in [-0.39, 0.29) is 23.3 Å². The molecule has 10 N–H and O–H groups in total. The van der Waals surface area contributed by atoms with Crippen molar-refractivity contribution in [3.63, 3.8) is 0 Å². The van der Waals surface area contributed by atoms with Crippen LogP contribution in [0.2, 0.25) is 0 Å². The average Bonchev–Trinajstić information content (AvgIpc) is 2.96. The van der Waals surface area contributed by atoms with Gasteiger partial charge in [-0.25, -0.2) is 0 Å². The number of aliphatic hydroxyl groups is 6. The predicted molar refractivity (Wildman–Crippen MR) is 143 cm³/mol. The lowest BCUT2D eigenvalue weighted by atomic mass is 9.82. The smallest absolute Gasteiger partial charge is 0.239 e. The maximum Gasteiger partial charge on any atom is 0.239 e. The zero-order valence-corrected chi connectivity index (χ0v) is 22.6. The van der Waals surface area contributed by atoms with Gasteiger partial charge in [0.15, 0.2) is 17.3 Å². The molecule has 1 saturated carbocycles. The van der Waals surface area contributed by atoms with E-state index in [4.69, 9.17) is 18.6 Å². The van der Waals surface area contributed by atoms with Crippen LogP contribution in [-0.4, -0.2) is 113 Å². The summed E-state index contributed by atoms with van der Waals surface area (Å²) in [4.78, 5) is 13.6. The van der Waals surface area contributed by atoms with Crippen molar-refractivity contribution in [3.8, 4) is 40.1 Å². The molecular weight excluding hydrogens is 576 g/mol. The van der Waals surface area contributed by atoms with Crippen molar-refractivity contribution in [3.05, 3.63) is 40.6 Å². The number of benzene rings is 2. The van der Waals surface area contributed by atoms with Gasteiger partial charge in [0.25, 0.3) is 0 Å². The maximum absolute atomic E-state index is 13.6. The van der Waals surface area contributed by atoms with E-state index in [2.05, 4.69) is 0 Å². The Morgan fingerprint density at radius 3 is 2.21 bits per heavy atom. The van der Waals surface area contributed by atoms with Crippen LogP contribution in [0.4, 0.5) is 0 Å². The first-order valence-electron chi connectivity index (χ1n) is 13.4. The Labute approximate surface area is 242 Å². The molecule has 15 heteroatoms. The van der Waals surface area contributed by atoms with Gasteiger partial charge in [0.1, 0.15) is 59.1 Å². The van der Waals surface area contributed by atoms with Crippen LogP contribution >= 0.6 is 0 Å². The normalized spacial score (nSPS) is 33.0. The molecule has 43 heavy (non-hydrogen) atoms. The van der Waals surface area contributed by atoms with E-state index in [1.54, 1.807) is 6.92 Å². The minimum atomic E-state index is -1.94. The fraction of sp³-hybridized carbons (Fsp3) is 0.464. The van der Waals surface area contributed by atoms with Gasteiger partial charge in [-0.2, -0.15) is 0 Å². The number of ether oxygens (including phenoxy) is 3. The summed E-state index contributed by atoms with van der Waals surface area (Å²) in [6.45, 7) is 1.17. The zero-order chi connectivity index (χ0) is 31.3. The van der Waals surface area contributed by atoms with Gasteiger partial charge in [-0.15, -0.1) is 0 Å². The molecule has 15 nitrogen and oxygen atoms in total. The first-order chi connectivity index (χ1) is 20.3. The lowest BCUT2D eigenvalue weighted by Crippen LogP contribution is -2.61. The van der Waals surface area contributed by atoms with Crippen LogP contribution in [-0.2, 0) is 9.47 Å². The summed E-state index contributed by atoms with van der Waals surface area (Å²) in [5, 5.41) is 102. The van der Waals surface area contributed by atoms with Gasteiger partial charge >= 0.3 is 0 Å². The van der Waals surface area contributed by atoms with Gasteiger partial charge in [-0.05, 0) is 30.5 Å². The second-order valence-corrected chi connectivity index (χ2v) is 10.8. The quantitative estimate of drug-likeness (QED) is 0.150. The van der Waals surface area contributed by atoms with E-state index in [0.29, 0.717) is 0 Å². The third kappa shape index (κ3) is 5.69. The molecular formula is C28H32O15. The van der Waals surface area contributed by atoms with Gasteiger partial charge in [-0.1, -0.05) is 6.92 Å². The molecule has 10 unspecified atom stereocenters. The Bertz CT molecular complexity index is 1540. The first-order valence-corrected chi connectivity index (χ1v) is 13.4. The molecule has 2 aliphatic rings. The predicted octanol–water partition coefficient (Wildman–Crippen LogP) is -1.02. The largest absolute Gasteiger partial charge is 0.508 e. The van der Waals surface area contributed by atoms with E-state index in [1.807, 2.05) is 0 Å². The standard InChI is InChI=1S/C28H32O15/c1-9-4-16(20(34)23(37)19(9)33)40-8-17-21(35)24(38)25(39)28(42-17)43-27-22(36)18-14(32)6-11(29)7-15(18)41-26(27)10-2-3-12(30)13(31)5-10/h2-3,5-7,9,16-17,19-21,23-25,28-35,37-39H,4,8H2,1H3. The molecule has 1 aliphatic carbocycles. The summed E-state index contributed by atoms with van der Waals surface area (Å²) in [7, 11) is 0. The minimum Gasteiger partial charge on any atom is -0.508 e. The van der Waals surface area contributed by atoms with Crippen LogP contribution in [0.1, 0.15) is 13.3 Å². The summed E-state index contributed by atoms with van der Waals surface area (Å²) in [5.74, 6) is -3.68. The monoisotopic (exact) mass is 608 g/mol. The third-order valence-electron chi connectivity index (χ3n) is 7.80. The molecule has 0 amide bonds. The number of hydrogen-bond donors (Lipinski definition) is 10. The Morgan fingerprint density at radius 1 is 0.814 bits per heavy atom. The van der Waals surface area contributed by atoms with Crippen LogP contribution in [0.3, 0.4) is 0 Å². The molecule has 0 bridgehead atoms. The highest BCUT2D eigenvalue weighted by Crippen LogP contribution is 2.39. The number of aromatic hydroxyl groups is 4. The summed E-state index contributed by atoms with van der Waals surface area (Å²) < 4.78 is 22.8. The maximum atomic E-state index is 13.6. The Balaban J connectivity index is 1.48. The summed E-state index contributed by atoms with van der Waals surface area (Å²) in [6.07, 6.45) is -13.7. The summed E-state index contributed by atoms with van der Waals surface area (Å²) in [6, 6.07) is 5.30. The van der Waals surface area contributed by atoms with Crippen molar-refractivity contribution in [1.29, 1.82) is 0 Å². The van der Waals surface area contributed by atoms with Gasteiger partial charge < -0.3 is 69.7 Å². The molecule has 5 rings (SSSR count). The van der Waals surface area contributed by atoms with E-state index >= 15 is 0 Å². The molecule has 3 aromatic rings. The number of phenols is 4. The van der Waals surface area contributed by atoms with Crippen molar-refractivity contribution in [2.45, 2.75) is 68.5 Å². The average molecular weight is 609 g/mol. The van der Waals surface area contributed by atoms with E-state index in [0.717, 1.165) is 24.3 Å². The van der Waals surface area contributed by atoms with Crippen molar-refractivity contribution in [2.24, 2.45) is 5.92 Å². The number of aliphatic hydroxyl groups excluding tert-OH is 6. The van der Waals surface area contributed by atoms with Crippen molar-refractivity contribution < 1.29 is 69.7 Å². The molecule has 0 spiro atoms. The van der Waals surface area contributed by atoms with Gasteiger partial charge in [0.05, 0.1) is 18.8 Å². The van der Waals surface area contributed by atoms with Crippen LogP contribution in [0, 0.1) is 5.92 Å². The highest BCUT2D eigenvalue weighted by molar-refractivity contribution is 5.88. The SMILES string of the molecule is CC1CC(OCC2OC(Oc3c(-c4ccc(O)c(O)c4)oc4cc(O)cc(O)c4c3=O)C(O)C(O)C2O)C(O)C(O)C1O. The molecule has 2 heterocycles. The molecule has 1 aliphatic heterocycles. The molecule has 234 valence electrons. The lowest BCUT2D eigenvalue weighted by molar-refractivity contribution is -0.285. The van der Waals surface area contributed by atoms with Crippen molar-refractivity contribution in [2.75, 3.05) is 6.61 Å². The molecule has 0 radical (unpaired) electrons. The fourth-order valence-electron chi connectivity index (χ4n) is 5.29. The first kappa shape index (κ1) is 30.8. The van der Waals surface area contributed by atoms with E-state index in [9.17, 15) is 55.9 Å². The van der Waals surface area contributed by atoms with E-state index < -0.39 is 107 Å². The lowest BCUT2D eigenvalue weighted by Gasteiger charge is -2.42. The summed E-state index contributed by atoms with van der Waals surface area (Å²) >= 11 is 0. The Kier molecular flexibility index (Phi) is 8.43. The Hall–Kier alpha value is -3.67. The topological polar surface area (TPSA) is 260 Å². The van der Waals surface area contributed by atoms with Gasteiger partial charge in [0.2, 0.25) is 17.5 Å². The third-order valence-corrected chi connectivity index (χ3v) is 7.80. The fourth-order valence-corrected chi connectivity index (χ4v) is 5.29.